The van der Waals surface area contributed by atoms with Crippen molar-refractivity contribution in [1.29, 1.82) is 0 Å². The summed E-state index contributed by atoms with van der Waals surface area (Å²) in [5.74, 6) is -4.40. The predicted molar refractivity (Wildman–Crippen MR) is 145 cm³/mol. The Kier molecular flexibility index (Phi) is 8.78. The van der Waals surface area contributed by atoms with E-state index in [4.69, 9.17) is 11.6 Å². The zero-order valence-electron chi connectivity index (χ0n) is 22.2. The van der Waals surface area contributed by atoms with Gasteiger partial charge in [0.1, 0.15) is 0 Å². The van der Waals surface area contributed by atoms with E-state index < -0.39 is 53.8 Å². The average molecular weight is 620 g/mol. The molecule has 0 aliphatic carbocycles. The maximum atomic E-state index is 15.7. The standard InChI is InChI=1S/C28H28ClF6N3O2S/c1-25(2,10-9-23(39)37-16-27(31,32)17-37)36-24(40)26(30)11-13-38(14-12-26)41-22-8-7-18(28(33,34)35)15-20(22)19-5-3-4-6-21(19)29/h3-10,15H,11-14,16-17H2,1-2H3,(H,36,40)/b10-9+. The summed E-state index contributed by atoms with van der Waals surface area (Å²) in [5, 5.41) is 2.85. The van der Waals surface area contributed by atoms with Crippen LogP contribution in [0.1, 0.15) is 32.3 Å². The van der Waals surface area contributed by atoms with Crippen LogP contribution < -0.4 is 5.32 Å². The van der Waals surface area contributed by atoms with Gasteiger partial charge in [0.05, 0.1) is 24.2 Å². The second kappa shape index (κ2) is 11.5. The van der Waals surface area contributed by atoms with Crippen LogP contribution in [0.3, 0.4) is 0 Å². The Bertz CT molecular complexity index is 1330. The highest BCUT2D eigenvalue weighted by molar-refractivity contribution is 7.97. The summed E-state index contributed by atoms with van der Waals surface area (Å²) in [4.78, 5) is 26.4. The lowest BCUT2D eigenvalue weighted by molar-refractivity contribution is -0.160. The Morgan fingerprint density at radius 2 is 1.63 bits per heavy atom. The first-order chi connectivity index (χ1) is 19.0. The van der Waals surface area contributed by atoms with Crippen LogP contribution in [0.2, 0.25) is 5.02 Å². The third-order valence-corrected chi connectivity index (χ3v) is 8.36. The fourth-order valence-corrected chi connectivity index (χ4v) is 5.75. The number of rotatable bonds is 7. The van der Waals surface area contributed by atoms with Crippen LogP contribution in [0.4, 0.5) is 26.3 Å². The summed E-state index contributed by atoms with van der Waals surface area (Å²) in [6, 6.07) is 9.92. The van der Waals surface area contributed by atoms with Crippen molar-refractivity contribution in [3.8, 4) is 11.1 Å². The number of likely N-dealkylation sites (tertiary alicyclic amines) is 1. The number of alkyl halides is 6. The van der Waals surface area contributed by atoms with E-state index >= 15 is 4.39 Å². The monoisotopic (exact) mass is 619 g/mol. The molecule has 0 radical (unpaired) electrons. The normalized spacial score (nSPS) is 19.2. The molecule has 2 aromatic carbocycles. The molecule has 4 rings (SSSR count). The molecule has 5 nitrogen and oxygen atoms in total. The first-order valence-corrected chi connectivity index (χ1v) is 13.9. The average Bonchev–Trinajstić information content (AvgIpc) is 2.87. The Labute approximate surface area is 243 Å². The Morgan fingerprint density at radius 1 is 1.00 bits per heavy atom. The Hall–Kier alpha value is -2.70. The quantitative estimate of drug-likeness (QED) is 0.211. The minimum Gasteiger partial charge on any atom is -0.345 e. The molecule has 1 N–H and O–H groups in total. The van der Waals surface area contributed by atoms with Crippen molar-refractivity contribution in [3.05, 3.63) is 65.2 Å². The largest absolute Gasteiger partial charge is 0.416 e. The van der Waals surface area contributed by atoms with E-state index in [1.807, 2.05) is 0 Å². The van der Waals surface area contributed by atoms with E-state index in [9.17, 15) is 31.5 Å². The molecule has 2 heterocycles. The van der Waals surface area contributed by atoms with Crippen molar-refractivity contribution in [3.63, 3.8) is 0 Å². The summed E-state index contributed by atoms with van der Waals surface area (Å²) >= 11 is 7.45. The molecule has 2 saturated heterocycles. The number of nitrogens with zero attached hydrogens (tertiary/aromatic N) is 2. The van der Waals surface area contributed by atoms with Gasteiger partial charge in [-0.05, 0) is 55.6 Å². The van der Waals surface area contributed by atoms with Gasteiger partial charge >= 0.3 is 6.18 Å². The molecule has 13 heteroatoms. The SMILES string of the molecule is CC(C)(/C=C/C(=O)N1CC(F)(F)C1)NC(=O)C1(F)CCN(Sc2ccc(C(F)(F)F)cc2-c2ccccc2Cl)CC1. The van der Waals surface area contributed by atoms with Crippen LogP contribution >= 0.6 is 23.5 Å². The van der Waals surface area contributed by atoms with E-state index in [1.54, 1.807) is 42.4 Å². The predicted octanol–water partition coefficient (Wildman–Crippen LogP) is 6.77. The van der Waals surface area contributed by atoms with Gasteiger partial charge in [0, 0.05) is 47.5 Å². The van der Waals surface area contributed by atoms with Gasteiger partial charge in [-0.2, -0.15) is 13.2 Å². The number of carbonyl (C=O) groups is 2. The van der Waals surface area contributed by atoms with Gasteiger partial charge < -0.3 is 10.2 Å². The van der Waals surface area contributed by atoms with Crippen LogP contribution in [0, 0.1) is 0 Å². The van der Waals surface area contributed by atoms with Crippen molar-refractivity contribution < 1.29 is 35.9 Å². The molecule has 2 fully saturated rings. The number of hydrogen-bond donors (Lipinski definition) is 1. The molecule has 0 saturated carbocycles. The van der Waals surface area contributed by atoms with Crippen LogP contribution in [-0.2, 0) is 15.8 Å². The van der Waals surface area contributed by atoms with Gasteiger partial charge in [0.2, 0.25) is 5.91 Å². The molecule has 0 aromatic heterocycles. The third-order valence-electron chi connectivity index (χ3n) is 6.85. The van der Waals surface area contributed by atoms with Gasteiger partial charge in [-0.3, -0.25) is 9.59 Å². The minimum absolute atomic E-state index is 0.134. The van der Waals surface area contributed by atoms with Gasteiger partial charge in [-0.15, -0.1) is 0 Å². The number of amides is 2. The second-order valence-electron chi connectivity index (χ2n) is 10.7. The van der Waals surface area contributed by atoms with Gasteiger partial charge in [0.15, 0.2) is 5.67 Å². The highest BCUT2D eigenvalue weighted by atomic mass is 35.5. The molecule has 41 heavy (non-hydrogen) atoms. The van der Waals surface area contributed by atoms with Crippen molar-refractivity contribution in [1.82, 2.24) is 14.5 Å². The van der Waals surface area contributed by atoms with Crippen LogP contribution in [0.25, 0.3) is 11.1 Å². The first kappa shape index (κ1) is 31.2. The molecule has 2 amide bonds. The van der Waals surface area contributed by atoms with E-state index in [0.29, 0.717) is 10.5 Å². The summed E-state index contributed by atoms with van der Waals surface area (Å²) in [6.07, 6.45) is -2.48. The van der Waals surface area contributed by atoms with E-state index in [0.717, 1.165) is 35.1 Å². The highest BCUT2D eigenvalue weighted by Crippen LogP contribution is 2.42. The lowest BCUT2D eigenvalue weighted by Crippen LogP contribution is -2.58. The molecule has 222 valence electrons. The van der Waals surface area contributed by atoms with E-state index in [1.165, 1.54) is 12.1 Å². The van der Waals surface area contributed by atoms with Gasteiger partial charge in [-0.25, -0.2) is 17.5 Å². The summed E-state index contributed by atoms with van der Waals surface area (Å²) in [6.45, 7) is 2.03. The smallest absolute Gasteiger partial charge is 0.345 e. The number of halogens is 7. The summed E-state index contributed by atoms with van der Waals surface area (Å²) in [7, 11) is 0. The fourth-order valence-electron chi connectivity index (χ4n) is 4.47. The number of hydrogen-bond acceptors (Lipinski definition) is 4. The molecule has 0 atom stereocenters. The van der Waals surface area contributed by atoms with Crippen LogP contribution in [0.15, 0.2) is 59.5 Å². The zero-order chi connectivity index (χ0) is 30.2. The first-order valence-electron chi connectivity index (χ1n) is 12.7. The van der Waals surface area contributed by atoms with Crippen molar-refractivity contribution in [2.45, 2.75) is 54.9 Å². The number of benzene rings is 2. The van der Waals surface area contributed by atoms with Crippen LogP contribution in [0.5, 0.6) is 0 Å². The Morgan fingerprint density at radius 3 is 2.22 bits per heavy atom. The molecular formula is C28H28ClF6N3O2S. The van der Waals surface area contributed by atoms with Crippen molar-refractivity contribution in [2.75, 3.05) is 26.2 Å². The lowest BCUT2D eigenvalue weighted by Gasteiger charge is -2.38. The van der Waals surface area contributed by atoms with Crippen LogP contribution in [-0.4, -0.2) is 64.3 Å². The number of carbonyl (C=O) groups excluding carboxylic acids is 2. The molecule has 0 bridgehead atoms. The fraction of sp³-hybridized carbons (Fsp3) is 0.429. The number of piperidine rings is 1. The van der Waals surface area contributed by atoms with Gasteiger partial charge in [-0.1, -0.05) is 35.9 Å². The molecule has 0 spiro atoms. The molecule has 2 aromatic rings. The molecular weight excluding hydrogens is 592 g/mol. The van der Waals surface area contributed by atoms with E-state index in [-0.39, 0.29) is 36.5 Å². The topological polar surface area (TPSA) is 52.7 Å². The zero-order valence-corrected chi connectivity index (χ0v) is 23.8. The lowest BCUT2D eigenvalue weighted by atomic mass is 9.92. The van der Waals surface area contributed by atoms with Crippen molar-refractivity contribution >= 4 is 35.4 Å². The minimum atomic E-state index is -4.55. The maximum absolute atomic E-state index is 15.7. The second-order valence-corrected chi connectivity index (χ2v) is 12.3. The summed E-state index contributed by atoms with van der Waals surface area (Å²) in [5.41, 5.74) is -3.45. The number of nitrogens with one attached hydrogen (secondary N) is 1. The highest BCUT2D eigenvalue weighted by Gasteiger charge is 2.46. The maximum Gasteiger partial charge on any atom is 0.416 e. The van der Waals surface area contributed by atoms with Crippen molar-refractivity contribution in [2.24, 2.45) is 0 Å². The molecule has 0 unspecified atom stereocenters. The molecule has 2 aliphatic rings. The summed E-state index contributed by atoms with van der Waals surface area (Å²) < 4.78 is 83.8. The Balaban J connectivity index is 1.40. The van der Waals surface area contributed by atoms with E-state index in [2.05, 4.69) is 5.32 Å². The van der Waals surface area contributed by atoms with Gasteiger partial charge in [0.25, 0.3) is 11.8 Å². The third kappa shape index (κ3) is 7.58. The molecule has 2 aliphatic heterocycles.